The Balaban J connectivity index is 1.71. The van der Waals surface area contributed by atoms with Gasteiger partial charge in [-0.05, 0) is 61.8 Å². The second-order valence-electron chi connectivity index (χ2n) is 7.19. The summed E-state index contributed by atoms with van der Waals surface area (Å²) in [4.78, 5) is 29.1. The molecule has 2 unspecified atom stereocenters. The number of nitrogens with one attached hydrogen (secondary N) is 1. The molecule has 1 aliphatic carbocycles. The summed E-state index contributed by atoms with van der Waals surface area (Å²) in [5.74, 6) is -0.416. The van der Waals surface area contributed by atoms with Crippen LogP contribution in [0.4, 0.5) is 0 Å². The highest BCUT2D eigenvalue weighted by Gasteiger charge is 2.34. The molecule has 24 heavy (non-hydrogen) atoms. The first-order valence-electron chi connectivity index (χ1n) is 8.72. The summed E-state index contributed by atoms with van der Waals surface area (Å²) < 4.78 is 0. The van der Waals surface area contributed by atoms with E-state index in [1.807, 2.05) is 18.2 Å². The number of aryl methyl sites for hydroxylation is 1. The maximum absolute atomic E-state index is 12.8. The monoisotopic (exact) mass is 326 g/mol. The summed E-state index contributed by atoms with van der Waals surface area (Å²) >= 11 is 0. The van der Waals surface area contributed by atoms with E-state index in [-0.39, 0.29) is 5.91 Å². The standard InChI is InChI=1S/C19H22N2O3/c1-11-4-6-15-13(9-11)14-10-12(5-7-16(14)20-15)18(22)21-8-2-3-17(21)19(23)24/h5,7,10-11,17,20H,2-4,6,8-9H2,1H3,(H,23,24). The molecular formula is C19H22N2O3. The number of carbonyl (C=O) groups is 2. The summed E-state index contributed by atoms with van der Waals surface area (Å²) in [6.07, 6.45) is 4.58. The van der Waals surface area contributed by atoms with Crippen LogP contribution in [0.1, 0.15) is 47.8 Å². The second kappa shape index (κ2) is 5.65. The van der Waals surface area contributed by atoms with Crippen molar-refractivity contribution in [2.45, 2.75) is 45.1 Å². The van der Waals surface area contributed by atoms with Gasteiger partial charge in [0.15, 0.2) is 0 Å². The van der Waals surface area contributed by atoms with Crippen LogP contribution in [-0.2, 0) is 17.6 Å². The number of rotatable bonds is 2. The molecule has 0 saturated carbocycles. The lowest BCUT2D eigenvalue weighted by Gasteiger charge is -2.21. The molecule has 0 spiro atoms. The number of amides is 1. The Morgan fingerprint density at radius 3 is 2.92 bits per heavy atom. The quantitative estimate of drug-likeness (QED) is 0.891. The van der Waals surface area contributed by atoms with E-state index in [4.69, 9.17) is 0 Å². The van der Waals surface area contributed by atoms with E-state index in [0.717, 1.165) is 30.2 Å². The van der Waals surface area contributed by atoms with Gasteiger partial charge in [-0.25, -0.2) is 4.79 Å². The molecule has 126 valence electrons. The van der Waals surface area contributed by atoms with Crippen molar-refractivity contribution in [1.82, 2.24) is 9.88 Å². The number of nitrogens with zero attached hydrogens (tertiary/aromatic N) is 1. The predicted molar refractivity (Wildman–Crippen MR) is 91.2 cm³/mol. The number of hydrogen-bond donors (Lipinski definition) is 2. The number of carboxylic acids is 1. The van der Waals surface area contributed by atoms with Gasteiger partial charge in [-0.3, -0.25) is 4.79 Å². The fourth-order valence-electron chi connectivity index (χ4n) is 4.16. The molecule has 2 heterocycles. The summed E-state index contributed by atoms with van der Waals surface area (Å²) in [6, 6.07) is 5.03. The van der Waals surface area contributed by atoms with Crippen molar-refractivity contribution in [3.05, 3.63) is 35.0 Å². The molecule has 1 aliphatic heterocycles. The van der Waals surface area contributed by atoms with Crippen LogP contribution in [0.5, 0.6) is 0 Å². The lowest BCUT2D eigenvalue weighted by atomic mass is 9.87. The summed E-state index contributed by atoms with van der Waals surface area (Å²) in [7, 11) is 0. The van der Waals surface area contributed by atoms with E-state index in [1.165, 1.54) is 22.6 Å². The zero-order valence-corrected chi connectivity index (χ0v) is 13.8. The molecular weight excluding hydrogens is 304 g/mol. The predicted octanol–water partition coefficient (Wildman–Crippen LogP) is 2.98. The third kappa shape index (κ3) is 2.39. The van der Waals surface area contributed by atoms with Crippen LogP contribution in [0.15, 0.2) is 18.2 Å². The van der Waals surface area contributed by atoms with Gasteiger partial charge < -0.3 is 15.0 Å². The van der Waals surface area contributed by atoms with Crippen molar-refractivity contribution in [2.24, 2.45) is 5.92 Å². The van der Waals surface area contributed by atoms with Crippen LogP contribution in [0.2, 0.25) is 0 Å². The Hall–Kier alpha value is -2.30. The maximum atomic E-state index is 12.8. The fourth-order valence-corrected chi connectivity index (χ4v) is 4.16. The first-order chi connectivity index (χ1) is 11.5. The minimum Gasteiger partial charge on any atom is -0.480 e. The third-order valence-electron chi connectivity index (χ3n) is 5.48. The van der Waals surface area contributed by atoms with Crippen molar-refractivity contribution in [3.63, 3.8) is 0 Å². The van der Waals surface area contributed by atoms with Gasteiger partial charge in [0, 0.05) is 28.7 Å². The largest absolute Gasteiger partial charge is 0.480 e. The molecule has 5 nitrogen and oxygen atoms in total. The molecule has 2 aromatic rings. The Bertz CT molecular complexity index is 823. The van der Waals surface area contributed by atoms with Crippen LogP contribution in [0, 0.1) is 5.92 Å². The van der Waals surface area contributed by atoms with Crippen molar-refractivity contribution in [3.8, 4) is 0 Å². The number of H-pyrrole nitrogens is 1. The second-order valence-corrected chi connectivity index (χ2v) is 7.19. The van der Waals surface area contributed by atoms with Crippen molar-refractivity contribution < 1.29 is 14.7 Å². The van der Waals surface area contributed by atoms with Crippen molar-refractivity contribution in [2.75, 3.05) is 6.54 Å². The summed E-state index contributed by atoms with van der Waals surface area (Å²) in [5, 5.41) is 10.4. The number of carboxylic acid groups (broad SMARTS) is 1. The van der Waals surface area contributed by atoms with Crippen LogP contribution in [-0.4, -0.2) is 39.5 Å². The molecule has 2 N–H and O–H groups in total. The topological polar surface area (TPSA) is 73.4 Å². The zero-order valence-electron chi connectivity index (χ0n) is 13.8. The fraction of sp³-hybridized carbons (Fsp3) is 0.474. The minimum absolute atomic E-state index is 0.166. The molecule has 2 aliphatic rings. The minimum atomic E-state index is -0.908. The van der Waals surface area contributed by atoms with Gasteiger partial charge in [-0.1, -0.05) is 6.92 Å². The first kappa shape index (κ1) is 15.2. The first-order valence-corrected chi connectivity index (χ1v) is 8.72. The number of aromatic nitrogens is 1. The molecule has 1 aromatic carbocycles. The van der Waals surface area contributed by atoms with E-state index in [1.54, 1.807) is 0 Å². The van der Waals surface area contributed by atoms with Gasteiger partial charge in [-0.15, -0.1) is 0 Å². The highest BCUT2D eigenvalue weighted by Crippen LogP contribution is 2.32. The van der Waals surface area contributed by atoms with Gasteiger partial charge in [0.1, 0.15) is 6.04 Å². The third-order valence-corrected chi connectivity index (χ3v) is 5.48. The molecule has 0 radical (unpaired) electrons. The Morgan fingerprint density at radius 2 is 2.12 bits per heavy atom. The summed E-state index contributed by atoms with van der Waals surface area (Å²) in [6.45, 7) is 2.79. The number of fused-ring (bicyclic) bond motifs is 3. The Labute approximate surface area is 140 Å². The van der Waals surface area contributed by atoms with Gasteiger partial charge in [-0.2, -0.15) is 0 Å². The molecule has 1 aromatic heterocycles. The van der Waals surface area contributed by atoms with E-state index in [2.05, 4.69) is 11.9 Å². The van der Waals surface area contributed by atoms with Gasteiger partial charge >= 0.3 is 5.97 Å². The molecule has 5 heteroatoms. The molecule has 1 fully saturated rings. The number of hydrogen-bond acceptors (Lipinski definition) is 2. The Kier molecular flexibility index (Phi) is 3.59. The number of carbonyl (C=O) groups excluding carboxylic acids is 1. The van der Waals surface area contributed by atoms with Crippen LogP contribution >= 0.6 is 0 Å². The molecule has 1 amide bonds. The SMILES string of the molecule is CC1CCc2[nH]c3ccc(C(=O)N4CCCC4C(=O)O)cc3c2C1. The average Bonchev–Trinajstić information content (AvgIpc) is 3.18. The molecule has 2 atom stereocenters. The van der Waals surface area contributed by atoms with Gasteiger partial charge in [0.05, 0.1) is 0 Å². The Morgan fingerprint density at radius 1 is 1.29 bits per heavy atom. The maximum Gasteiger partial charge on any atom is 0.326 e. The smallest absolute Gasteiger partial charge is 0.326 e. The van der Waals surface area contributed by atoms with E-state index < -0.39 is 12.0 Å². The van der Waals surface area contributed by atoms with Crippen LogP contribution in [0.3, 0.4) is 0 Å². The van der Waals surface area contributed by atoms with Gasteiger partial charge in [0.2, 0.25) is 0 Å². The highest BCUT2D eigenvalue weighted by molar-refractivity contribution is 6.00. The molecule has 0 bridgehead atoms. The van der Waals surface area contributed by atoms with E-state index in [0.29, 0.717) is 24.4 Å². The van der Waals surface area contributed by atoms with E-state index in [9.17, 15) is 14.7 Å². The number of benzene rings is 1. The molecule has 4 rings (SSSR count). The number of likely N-dealkylation sites (tertiary alicyclic amines) is 1. The van der Waals surface area contributed by atoms with Crippen molar-refractivity contribution >= 4 is 22.8 Å². The van der Waals surface area contributed by atoms with Gasteiger partial charge in [0.25, 0.3) is 5.91 Å². The number of aromatic amines is 1. The number of aliphatic carboxylic acids is 1. The lowest BCUT2D eigenvalue weighted by molar-refractivity contribution is -0.141. The lowest BCUT2D eigenvalue weighted by Crippen LogP contribution is -2.40. The summed E-state index contributed by atoms with van der Waals surface area (Å²) in [5.41, 5.74) is 4.28. The van der Waals surface area contributed by atoms with Crippen molar-refractivity contribution in [1.29, 1.82) is 0 Å². The van der Waals surface area contributed by atoms with E-state index >= 15 is 0 Å². The van der Waals surface area contributed by atoms with Crippen LogP contribution in [0.25, 0.3) is 10.9 Å². The normalized spacial score (nSPS) is 23.5. The zero-order chi connectivity index (χ0) is 16.8. The highest BCUT2D eigenvalue weighted by atomic mass is 16.4. The molecule has 1 saturated heterocycles. The van der Waals surface area contributed by atoms with Crippen LogP contribution < -0.4 is 0 Å². The average molecular weight is 326 g/mol.